The van der Waals surface area contributed by atoms with Crippen molar-refractivity contribution in [1.82, 2.24) is 15.1 Å². The van der Waals surface area contributed by atoms with Gasteiger partial charge < -0.3 is 14.5 Å². The summed E-state index contributed by atoms with van der Waals surface area (Å²) in [5.74, 6) is 0.0949. The third-order valence-electron chi connectivity index (χ3n) is 4.90. The third kappa shape index (κ3) is 3.88. The van der Waals surface area contributed by atoms with E-state index < -0.39 is 0 Å². The minimum Gasteiger partial charge on any atom is -0.471 e. The summed E-state index contributed by atoms with van der Waals surface area (Å²) in [6, 6.07) is 10.6. The Bertz CT molecular complexity index is 831. The number of halogens is 1. The van der Waals surface area contributed by atoms with Gasteiger partial charge in [-0.05, 0) is 30.3 Å². The first-order valence-electron chi connectivity index (χ1n) is 8.89. The van der Waals surface area contributed by atoms with Crippen LogP contribution in [0.2, 0.25) is 5.02 Å². The Morgan fingerprint density at radius 2 is 2.00 bits per heavy atom. The van der Waals surface area contributed by atoms with Gasteiger partial charge in [-0.2, -0.15) is 5.10 Å². The molecule has 0 saturated carbocycles. The lowest BCUT2D eigenvalue weighted by atomic mass is 10.1. The fraction of sp³-hybridized carbons (Fsp3) is 0.368. The van der Waals surface area contributed by atoms with Gasteiger partial charge in [0.1, 0.15) is 6.10 Å². The summed E-state index contributed by atoms with van der Waals surface area (Å²) in [7, 11) is 0. The van der Waals surface area contributed by atoms with Crippen molar-refractivity contribution in [3.63, 3.8) is 0 Å². The van der Waals surface area contributed by atoms with Crippen LogP contribution in [0.1, 0.15) is 12.8 Å². The van der Waals surface area contributed by atoms with E-state index in [1.54, 1.807) is 52.4 Å². The molecule has 0 unspecified atom stereocenters. The number of aromatic nitrogens is 2. The van der Waals surface area contributed by atoms with Gasteiger partial charge in [-0.15, -0.1) is 5.10 Å². The number of carbonyl (C=O) groups is 2. The highest BCUT2D eigenvalue weighted by Crippen LogP contribution is 2.28. The standard InChI is InChI=1S/C19H19ClN4O3/c20-14-3-5-15(6-4-14)24-11-13(10-18(24)25)19(26)23-9-7-16(12-23)27-17-2-1-8-21-22-17/h1-6,8,13,16H,7,9-12H2/t13-,16-/m0/s1. The van der Waals surface area contributed by atoms with Gasteiger partial charge in [-0.25, -0.2) is 0 Å². The fourth-order valence-electron chi connectivity index (χ4n) is 3.55. The number of rotatable bonds is 4. The molecule has 0 aliphatic carbocycles. The summed E-state index contributed by atoms with van der Waals surface area (Å²) >= 11 is 5.91. The van der Waals surface area contributed by atoms with Crippen molar-refractivity contribution < 1.29 is 14.3 Å². The molecule has 1 aromatic heterocycles. The van der Waals surface area contributed by atoms with E-state index in [1.165, 1.54) is 0 Å². The molecule has 27 heavy (non-hydrogen) atoms. The van der Waals surface area contributed by atoms with Crippen molar-refractivity contribution in [2.45, 2.75) is 18.9 Å². The lowest BCUT2D eigenvalue weighted by molar-refractivity contribution is -0.135. The molecule has 140 valence electrons. The first-order valence-corrected chi connectivity index (χ1v) is 9.27. The second-order valence-electron chi connectivity index (χ2n) is 6.76. The average molecular weight is 387 g/mol. The van der Waals surface area contributed by atoms with Crippen molar-refractivity contribution in [3.8, 4) is 5.88 Å². The highest BCUT2D eigenvalue weighted by atomic mass is 35.5. The number of carbonyl (C=O) groups excluding carboxylic acids is 2. The normalized spacial score (nSPS) is 22.3. The summed E-state index contributed by atoms with van der Waals surface area (Å²) < 4.78 is 5.78. The largest absolute Gasteiger partial charge is 0.471 e. The summed E-state index contributed by atoms with van der Waals surface area (Å²) in [4.78, 5) is 28.7. The molecule has 3 heterocycles. The zero-order valence-corrected chi connectivity index (χ0v) is 15.4. The van der Waals surface area contributed by atoms with Crippen molar-refractivity contribution in [3.05, 3.63) is 47.6 Å². The lowest BCUT2D eigenvalue weighted by Crippen LogP contribution is -2.37. The molecule has 2 fully saturated rings. The molecule has 8 heteroatoms. The average Bonchev–Trinajstić information content (AvgIpc) is 3.30. The Kier molecular flexibility index (Phi) is 4.94. The van der Waals surface area contributed by atoms with Crippen molar-refractivity contribution in [1.29, 1.82) is 0 Å². The topological polar surface area (TPSA) is 75.6 Å². The number of benzene rings is 1. The second-order valence-corrected chi connectivity index (χ2v) is 7.19. The molecule has 2 aromatic rings. The number of hydrogen-bond donors (Lipinski definition) is 0. The summed E-state index contributed by atoms with van der Waals surface area (Å²) in [6.07, 6.45) is 2.45. The van der Waals surface area contributed by atoms with Crippen molar-refractivity contribution in [2.24, 2.45) is 5.92 Å². The predicted octanol–water partition coefficient (Wildman–Crippen LogP) is 2.16. The van der Waals surface area contributed by atoms with Crippen LogP contribution in [-0.4, -0.2) is 52.6 Å². The van der Waals surface area contributed by atoms with Crippen LogP contribution in [0.5, 0.6) is 5.88 Å². The first-order chi connectivity index (χ1) is 13.1. The molecule has 4 rings (SSSR count). The van der Waals surface area contributed by atoms with Gasteiger partial charge in [0.15, 0.2) is 0 Å². The van der Waals surface area contributed by atoms with E-state index in [0.29, 0.717) is 30.5 Å². The smallest absolute Gasteiger partial charge is 0.233 e. The highest BCUT2D eigenvalue weighted by Gasteiger charge is 2.39. The number of likely N-dealkylation sites (tertiary alicyclic amines) is 1. The van der Waals surface area contributed by atoms with Gasteiger partial charge in [0.25, 0.3) is 0 Å². The molecule has 2 amide bonds. The number of ether oxygens (including phenoxy) is 1. The Morgan fingerprint density at radius 1 is 1.19 bits per heavy atom. The van der Waals surface area contributed by atoms with Crippen LogP contribution >= 0.6 is 11.6 Å². The maximum atomic E-state index is 12.9. The molecular formula is C19H19ClN4O3. The van der Waals surface area contributed by atoms with Gasteiger partial charge >= 0.3 is 0 Å². The molecule has 0 spiro atoms. The fourth-order valence-corrected chi connectivity index (χ4v) is 3.67. The van der Waals surface area contributed by atoms with Crippen LogP contribution in [0.15, 0.2) is 42.6 Å². The second kappa shape index (κ2) is 7.52. The Hall–Kier alpha value is -2.67. The van der Waals surface area contributed by atoms with E-state index in [4.69, 9.17) is 16.3 Å². The van der Waals surface area contributed by atoms with Crippen molar-refractivity contribution >= 4 is 29.1 Å². The van der Waals surface area contributed by atoms with Crippen LogP contribution in [0.3, 0.4) is 0 Å². The lowest BCUT2D eigenvalue weighted by Gasteiger charge is -2.21. The van der Waals surface area contributed by atoms with E-state index in [2.05, 4.69) is 10.2 Å². The van der Waals surface area contributed by atoms with Gasteiger partial charge in [0.05, 0.1) is 12.5 Å². The van der Waals surface area contributed by atoms with Gasteiger partial charge in [0.2, 0.25) is 17.7 Å². The van der Waals surface area contributed by atoms with E-state index in [1.807, 2.05) is 0 Å². The molecule has 7 nitrogen and oxygen atoms in total. The van der Waals surface area contributed by atoms with Crippen molar-refractivity contribution in [2.75, 3.05) is 24.5 Å². The third-order valence-corrected chi connectivity index (χ3v) is 5.16. The zero-order valence-electron chi connectivity index (χ0n) is 14.6. The molecular weight excluding hydrogens is 368 g/mol. The maximum absolute atomic E-state index is 12.9. The van der Waals surface area contributed by atoms with Gasteiger partial charge in [0, 0.05) is 48.9 Å². The molecule has 2 saturated heterocycles. The minimum atomic E-state index is -0.330. The molecule has 2 atom stereocenters. The van der Waals surface area contributed by atoms with E-state index in [-0.39, 0.29) is 30.3 Å². The number of hydrogen-bond acceptors (Lipinski definition) is 5. The molecule has 2 aliphatic rings. The first kappa shape index (κ1) is 17.7. The monoisotopic (exact) mass is 386 g/mol. The zero-order chi connectivity index (χ0) is 18.8. The molecule has 2 aliphatic heterocycles. The van der Waals surface area contributed by atoms with Gasteiger partial charge in [-0.1, -0.05) is 11.6 Å². The highest BCUT2D eigenvalue weighted by molar-refractivity contribution is 6.30. The predicted molar refractivity (Wildman–Crippen MR) is 99.6 cm³/mol. The van der Waals surface area contributed by atoms with E-state index >= 15 is 0 Å². The molecule has 0 radical (unpaired) electrons. The summed E-state index contributed by atoms with van der Waals surface area (Å²) in [6.45, 7) is 1.52. The van der Waals surface area contributed by atoms with Crippen LogP contribution in [-0.2, 0) is 9.59 Å². The summed E-state index contributed by atoms with van der Waals surface area (Å²) in [5, 5.41) is 8.32. The van der Waals surface area contributed by atoms with Crippen LogP contribution < -0.4 is 9.64 Å². The van der Waals surface area contributed by atoms with Crippen LogP contribution in [0, 0.1) is 5.92 Å². The number of anilines is 1. The van der Waals surface area contributed by atoms with Gasteiger partial charge in [-0.3, -0.25) is 9.59 Å². The Morgan fingerprint density at radius 3 is 2.74 bits per heavy atom. The Labute approximate surface area is 161 Å². The van der Waals surface area contributed by atoms with Crippen LogP contribution in [0.25, 0.3) is 0 Å². The van der Waals surface area contributed by atoms with E-state index in [9.17, 15) is 9.59 Å². The molecule has 0 bridgehead atoms. The van der Waals surface area contributed by atoms with Crippen LogP contribution in [0.4, 0.5) is 5.69 Å². The SMILES string of the molecule is O=C([C@H]1CC(=O)N(c2ccc(Cl)cc2)C1)N1CC[C@H](Oc2cccnn2)C1. The molecule has 1 aromatic carbocycles. The quantitative estimate of drug-likeness (QED) is 0.804. The maximum Gasteiger partial charge on any atom is 0.233 e. The molecule has 0 N–H and O–H groups in total. The summed E-state index contributed by atoms with van der Waals surface area (Å²) in [5.41, 5.74) is 0.769. The number of nitrogens with zero attached hydrogens (tertiary/aromatic N) is 4. The number of amides is 2. The minimum absolute atomic E-state index is 0.00468. The van der Waals surface area contributed by atoms with E-state index in [0.717, 1.165) is 12.1 Å². The Balaban J connectivity index is 1.36.